The van der Waals surface area contributed by atoms with Crippen LogP contribution in [0.15, 0.2) is 24.3 Å². The van der Waals surface area contributed by atoms with Gasteiger partial charge in [0.1, 0.15) is 29.9 Å². The number of rotatable bonds is 3. The maximum Gasteiger partial charge on any atom is 0.135 e. The number of ketones is 2. The normalized spacial score (nSPS) is 48.4. The van der Waals surface area contributed by atoms with Crippen molar-refractivity contribution in [3.63, 3.8) is 0 Å². The molecule has 0 radical (unpaired) electrons. The molecule has 0 aliphatic carbocycles. The summed E-state index contributed by atoms with van der Waals surface area (Å²) < 4.78 is 39.1. The molecular formula is C41H62O11. The minimum atomic E-state index is -0.922. The monoisotopic (exact) mass is 730 g/mol. The Bertz CT molecular complexity index is 1320. The van der Waals surface area contributed by atoms with Crippen LogP contribution in [-0.4, -0.2) is 119 Å². The zero-order valence-corrected chi connectivity index (χ0v) is 31.3. The molecule has 292 valence electrons. The molecule has 3 unspecified atom stereocenters. The fraction of sp³-hybridized carbons (Fsp3) is 0.854. The number of carbonyl (C=O) groups excluding carboxylic acids is 2. The van der Waals surface area contributed by atoms with Crippen molar-refractivity contribution in [1.82, 2.24) is 0 Å². The van der Waals surface area contributed by atoms with E-state index in [0.29, 0.717) is 44.9 Å². The second-order valence-corrected chi connectivity index (χ2v) is 17.3. The van der Waals surface area contributed by atoms with E-state index in [-0.39, 0.29) is 116 Å². The maximum absolute atomic E-state index is 13.8. The number of carbonyl (C=O) groups is 2. The van der Waals surface area contributed by atoms with Gasteiger partial charge in [0.2, 0.25) is 0 Å². The summed E-state index contributed by atoms with van der Waals surface area (Å²) in [5.74, 6) is 0.265. The molecule has 11 nitrogen and oxygen atoms in total. The molecule has 7 aliphatic rings. The quantitative estimate of drug-likeness (QED) is 0.360. The average Bonchev–Trinajstić information content (AvgIpc) is 3.73. The fourth-order valence-electron chi connectivity index (χ4n) is 10.4. The molecule has 7 saturated heterocycles. The lowest BCUT2D eigenvalue weighted by Gasteiger charge is -2.46. The van der Waals surface area contributed by atoms with Crippen molar-refractivity contribution in [2.45, 2.75) is 190 Å². The molecule has 8 bridgehead atoms. The molecule has 7 heterocycles. The Morgan fingerprint density at radius 2 is 1.42 bits per heavy atom. The van der Waals surface area contributed by atoms with E-state index in [2.05, 4.69) is 27.0 Å². The predicted molar refractivity (Wildman–Crippen MR) is 190 cm³/mol. The molecule has 3 N–H and O–H groups in total. The van der Waals surface area contributed by atoms with Crippen molar-refractivity contribution in [2.75, 3.05) is 6.61 Å². The summed E-state index contributed by atoms with van der Waals surface area (Å²) in [4.78, 5) is 27.1. The van der Waals surface area contributed by atoms with E-state index in [9.17, 15) is 24.9 Å². The zero-order valence-electron chi connectivity index (χ0n) is 31.3. The SMILES string of the molecule is C=C1C[C@@H]2CCC(=O)C[C@H]3O[C@H]4[C@@H](O)[C@H]5O[C@H](CC[C@@H]5O[C@H]4[C@H]3C)CC(=O)CC3[C@H](CC4O[C@@H](CCC1O2)C[C@@H](C)C4=C)O[C@H](C[C@H](O)CO)[C@@H]3C. The summed E-state index contributed by atoms with van der Waals surface area (Å²) in [5.41, 5.74) is 2.10. The molecule has 0 spiro atoms. The van der Waals surface area contributed by atoms with Crippen LogP contribution in [0.4, 0.5) is 0 Å². The van der Waals surface area contributed by atoms with Gasteiger partial charge in [-0.15, -0.1) is 0 Å². The van der Waals surface area contributed by atoms with Gasteiger partial charge in [0.25, 0.3) is 0 Å². The standard InChI is InChI=1S/C41H62O11/c1-20-12-29-8-10-32-21(2)13-28(47-32)7-6-25(43)16-35-24(5)39-41(52-35)38(46)40-33(51-39)11-9-30(49-40)14-26(44)15-31-23(4)34(17-27(45)19-42)50-37(31)18-36(48-29)22(20)3/h20,23-24,27-42,45-46H,2-3,6-19H2,1,4-5H3/t20-,23-,24+,27+,28+,29+,30-,31?,32?,33+,34-,35-,36?,37+,38+,39+,40+,41+/m1/s1. The number of hydrogen-bond acceptors (Lipinski definition) is 11. The van der Waals surface area contributed by atoms with E-state index in [0.717, 1.165) is 36.8 Å². The van der Waals surface area contributed by atoms with E-state index in [1.54, 1.807) is 0 Å². The molecule has 18 atom stereocenters. The number of ether oxygens (including phenoxy) is 6. The first-order chi connectivity index (χ1) is 24.9. The van der Waals surface area contributed by atoms with Crippen molar-refractivity contribution in [3.8, 4) is 0 Å². The van der Waals surface area contributed by atoms with Crippen LogP contribution in [0.3, 0.4) is 0 Å². The molecule has 11 heteroatoms. The number of Topliss-reactive ketones (excluding diaryl/α,β-unsaturated/α-hetero) is 2. The van der Waals surface area contributed by atoms with E-state index in [1.807, 2.05) is 6.92 Å². The van der Waals surface area contributed by atoms with Crippen molar-refractivity contribution >= 4 is 11.6 Å². The summed E-state index contributed by atoms with van der Waals surface area (Å²) in [7, 11) is 0. The van der Waals surface area contributed by atoms with Crippen molar-refractivity contribution < 1.29 is 53.3 Å². The first kappa shape index (κ1) is 38.7. The van der Waals surface area contributed by atoms with Crippen LogP contribution in [0.5, 0.6) is 0 Å². The van der Waals surface area contributed by atoms with Crippen LogP contribution >= 0.6 is 0 Å². The third kappa shape index (κ3) is 8.19. The van der Waals surface area contributed by atoms with Crippen LogP contribution in [0.2, 0.25) is 0 Å². The molecule has 0 amide bonds. The molecular weight excluding hydrogens is 668 g/mol. The van der Waals surface area contributed by atoms with Gasteiger partial charge in [-0.3, -0.25) is 9.59 Å². The first-order valence-electron chi connectivity index (χ1n) is 20.2. The molecule has 7 aliphatic heterocycles. The van der Waals surface area contributed by atoms with E-state index in [4.69, 9.17) is 28.4 Å². The summed E-state index contributed by atoms with van der Waals surface area (Å²) >= 11 is 0. The van der Waals surface area contributed by atoms with E-state index < -0.39 is 24.4 Å². The number of fused-ring (bicyclic) bond motifs is 7. The first-order valence-corrected chi connectivity index (χ1v) is 20.2. The molecule has 0 saturated carbocycles. The second-order valence-electron chi connectivity index (χ2n) is 17.3. The van der Waals surface area contributed by atoms with Crippen LogP contribution in [-0.2, 0) is 38.0 Å². The maximum atomic E-state index is 13.8. The van der Waals surface area contributed by atoms with E-state index >= 15 is 0 Å². The van der Waals surface area contributed by atoms with Gasteiger partial charge in [-0.05, 0) is 73.8 Å². The highest BCUT2D eigenvalue weighted by atomic mass is 16.6. The average molecular weight is 731 g/mol. The highest BCUT2D eigenvalue weighted by Gasteiger charge is 2.56. The van der Waals surface area contributed by atoms with Crippen molar-refractivity contribution in [1.29, 1.82) is 0 Å². The minimum Gasteiger partial charge on any atom is -0.394 e. The van der Waals surface area contributed by atoms with Gasteiger partial charge in [0, 0.05) is 44.4 Å². The van der Waals surface area contributed by atoms with Gasteiger partial charge in [-0.25, -0.2) is 0 Å². The Labute approximate surface area is 308 Å². The topological polar surface area (TPSA) is 150 Å². The molecule has 0 aromatic carbocycles. The van der Waals surface area contributed by atoms with Crippen molar-refractivity contribution in [3.05, 3.63) is 24.3 Å². The van der Waals surface area contributed by atoms with Crippen LogP contribution < -0.4 is 0 Å². The Morgan fingerprint density at radius 1 is 0.692 bits per heavy atom. The molecule has 52 heavy (non-hydrogen) atoms. The molecule has 0 aromatic heterocycles. The highest BCUT2D eigenvalue weighted by Crippen LogP contribution is 2.45. The molecule has 7 fully saturated rings. The van der Waals surface area contributed by atoms with Gasteiger partial charge < -0.3 is 43.7 Å². The third-order valence-corrected chi connectivity index (χ3v) is 13.7. The summed E-state index contributed by atoms with van der Waals surface area (Å²) in [6.45, 7) is 14.7. The van der Waals surface area contributed by atoms with Crippen LogP contribution in [0, 0.1) is 23.7 Å². The Hall–Kier alpha value is -1.54. The largest absolute Gasteiger partial charge is 0.394 e. The Kier molecular flexibility index (Phi) is 12.1. The van der Waals surface area contributed by atoms with E-state index in [1.165, 1.54) is 0 Å². The van der Waals surface area contributed by atoms with Gasteiger partial charge >= 0.3 is 0 Å². The predicted octanol–water partition coefficient (Wildman–Crippen LogP) is 4.16. The lowest BCUT2D eigenvalue weighted by molar-refractivity contribution is -0.256. The summed E-state index contributed by atoms with van der Waals surface area (Å²) in [6, 6.07) is 0. The molecule has 7 rings (SSSR count). The number of aliphatic hydroxyl groups excluding tert-OH is 3. The zero-order chi connectivity index (χ0) is 36.8. The number of aliphatic hydroxyl groups is 3. The van der Waals surface area contributed by atoms with Crippen LogP contribution in [0.25, 0.3) is 0 Å². The van der Waals surface area contributed by atoms with Gasteiger partial charge in [0.05, 0.1) is 73.8 Å². The second kappa shape index (κ2) is 16.3. The van der Waals surface area contributed by atoms with Crippen LogP contribution in [0.1, 0.15) is 104 Å². The van der Waals surface area contributed by atoms with Gasteiger partial charge in [0.15, 0.2) is 0 Å². The Morgan fingerprint density at radius 3 is 2.21 bits per heavy atom. The Balaban J connectivity index is 1.10. The highest BCUT2D eigenvalue weighted by molar-refractivity contribution is 5.79. The lowest BCUT2D eigenvalue weighted by Crippen LogP contribution is -2.60. The molecule has 0 aromatic rings. The third-order valence-electron chi connectivity index (χ3n) is 13.7. The number of hydrogen-bond donors (Lipinski definition) is 3. The lowest BCUT2D eigenvalue weighted by atomic mass is 9.78. The summed E-state index contributed by atoms with van der Waals surface area (Å²) in [6.07, 6.45) is 1.93. The van der Waals surface area contributed by atoms with Gasteiger partial charge in [-0.1, -0.05) is 33.9 Å². The van der Waals surface area contributed by atoms with Gasteiger partial charge in [-0.2, -0.15) is 0 Å². The minimum absolute atomic E-state index is 0.0158. The fourth-order valence-corrected chi connectivity index (χ4v) is 10.4. The smallest absolute Gasteiger partial charge is 0.135 e. The summed E-state index contributed by atoms with van der Waals surface area (Å²) in [5, 5.41) is 31.5. The van der Waals surface area contributed by atoms with Crippen molar-refractivity contribution in [2.24, 2.45) is 23.7 Å².